The van der Waals surface area contributed by atoms with Gasteiger partial charge >= 0.3 is 0 Å². The predicted molar refractivity (Wildman–Crippen MR) is 324 cm³/mol. The van der Waals surface area contributed by atoms with E-state index in [1.165, 1.54) is 172 Å². The monoisotopic (exact) mass is 1130 g/mol. The Morgan fingerprint density at radius 1 is 0.309 bits per heavy atom. The van der Waals surface area contributed by atoms with Crippen molar-refractivity contribution in [3.05, 3.63) is 54.6 Å². The van der Waals surface area contributed by atoms with E-state index < -0.39 is 18.3 Å². The first-order valence-electron chi connectivity index (χ1n) is 31.5. The van der Waals surface area contributed by atoms with Gasteiger partial charge < -0.3 is 59.1 Å². The smallest absolute Gasteiger partial charge is 0.167 e. The molecular formula is C66H105N3O12. The van der Waals surface area contributed by atoms with Gasteiger partial charge in [-0.15, -0.1) is 0 Å². The lowest BCUT2D eigenvalue weighted by molar-refractivity contribution is 0.0109. The van der Waals surface area contributed by atoms with Crippen LogP contribution in [0, 0.1) is 0 Å². The van der Waals surface area contributed by atoms with Crippen molar-refractivity contribution in [3.8, 4) is 68.7 Å². The van der Waals surface area contributed by atoms with Crippen LogP contribution in [0.2, 0.25) is 0 Å². The first-order valence-corrected chi connectivity index (χ1v) is 31.5. The van der Waals surface area contributed by atoms with Crippen LogP contribution in [0.5, 0.6) is 34.5 Å². The number of aliphatic hydroxyl groups is 3. The van der Waals surface area contributed by atoms with Crippen LogP contribution in [0.3, 0.4) is 0 Å². The standard InChI is InChI=1S/C66H105N3O12/c1-4-7-10-13-16-19-22-25-28-31-40-76-46-52(70)49-79-55-34-37-58(61(73)43-55)64-67-65(59-38-35-56(44-62(59)74)80-50-53(71)47-77-41-32-29-26-23-20-17-14-11-8-5-2)69-66(68-64)60-39-36-57(45-63(60)75)81-51-54(72)48-78-42-33-30-27-24-21-18-15-12-9-6-3/h34-39,43-45,52-54,70-75H,4-33,40-42,46-51H2,1-3H3. The lowest BCUT2D eigenvalue weighted by atomic mass is 10.1. The molecule has 3 atom stereocenters. The minimum Gasteiger partial charge on any atom is -0.507 e. The van der Waals surface area contributed by atoms with Crippen molar-refractivity contribution in [2.24, 2.45) is 0 Å². The number of aromatic nitrogens is 3. The van der Waals surface area contributed by atoms with Gasteiger partial charge in [-0.05, 0) is 55.7 Å². The van der Waals surface area contributed by atoms with Crippen molar-refractivity contribution in [2.45, 2.75) is 232 Å². The summed E-state index contributed by atoms with van der Waals surface area (Å²) >= 11 is 0. The van der Waals surface area contributed by atoms with E-state index in [-0.39, 0.29) is 91.1 Å². The molecule has 456 valence electrons. The number of phenols is 3. The van der Waals surface area contributed by atoms with Gasteiger partial charge in [-0.1, -0.05) is 194 Å². The van der Waals surface area contributed by atoms with Crippen LogP contribution in [0.4, 0.5) is 0 Å². The van der Waals surface area contributed by atoms with E-state index in [4.69, 9.17) is 28.4 Å². The zero-order valence-electron chi connectivity index (χ0n) is 50.0. The van der Waals surface area contributed by atoms with Crippen LogP contribution in [-0.4, -0.2) is 123 Å². The second kappa shape index (κ2) is 43.8. The summed E-state index contributed by atoms with van der Waals surface area (Å²) in [6.07, 6.45) is 34.4. The van der Waals surface area contributed by atoms with Gasteiger partial charge in [0.05, 0.1) is 36.5 Å². The SMILES string of the molecule is CCCCCCCCCCCCOCC(O)COc1ccc(-c2nc(-c3ccc(OCC(O)COCCCCCCCCCCCC)cc3O)nc(-c3ccc(OCC(O)COCCCCCCCCCCCC)cc3O)n2)c(O)c1. The molecule has 0 spiro atoms. The molecule has 0 fully saturated rings. The highest BCUT2D eigenvalue weighted by molar-refractivity contribution is 5.74. The molecule has 1 aromatic heterocycles. The number of rotatable bonds is 51. The summed E-state index contributed by atoms with van der Waals surface area (Å²) in [5.41, 5.74) is 0.626. The number of aliphatic hydroxyl groups excluding tert-OH is 3. The molecule has 0 bridgehead atoms. The molecule has 15 nitrogen and oxygen atoms in total. The third-order valence-electron chi connectivity index (χ3n) is 14.5. The van der Waals surface area contributed by atoms with Gasteiger partial charge in [0.1, 0.15) is 72.6 Å². The van der Waals surface area contributed by atoms with Gasteiger partial charge in [0.2, 0.25) is 0 Å². The Morgan fingerprint density at radius 3 is 0.753 bits per heavy atom. The van der Waals surface area contributed by atoms with Crippen molar-refractivity contribution >= 4 is 0 Å². The molecule has 15 heteroatoms. The van der Waals surface area contributed by atoms with Gasteiger partial charge in [-0.25, -0.2) is 15.0 Å². The topological polar surface area (TPSA) is 215 Å². The molecule has 0 amide bonds. The first-order chi connectivity index (χ1) is 39.6. The lowest BCUT2D eigenvalue weighted by Gasteiger charge is -2.15. The van der Waals surface area contributed by atoms with Crippen LogP contribution in [0.25, 0.3) is 34.2 Å². The Balaban J connectivity index is 1.35. The van der Waals surface area contributed by atoms with Crippen LogP contribution in [-0.2, 0) is 14.2 Å². The Hall–Kier alpha value is -4.77. The minimum atomic E-state index is -0.871. The first kappa shape index (κ1) is 68.7. The van der Waals surface area contributed by atoms with E-state index in [2.05, 4.69) is 35.7 Å². The van der Waals surface area contributed by atoms with Gasteiger partial charge in [-0.3, -0.25) is 0 Å². The van der Waals surface area contributed by atoms with Gasteiger partial charge in [0.15, 0.2) is 17.5 Å². The summed E-state index contributed by atoms with van der Waals surface area (Å²) in [5, 5.41) is 66.0. The molecule has 81 heavy (non-hydrogen) atoms. The maximum absolute atomic E-state index is 11.4. The average Bonchev–Trinajstić information content (AvgIpc) is 3.53. The number of ether oxygens (including phenoxy) is 6. The van der Waals surface area contributed by atoms with Crippen LogP contribution >= 0.6 is 0 Å². The van der Waals surface area contributed by atoms with E-state index in [0.717, 1.165) is 38.5 Å². The summed E-state index contributed by atoms with van der Waals surface area (Å²) in [7, 11) is 0. The highest BCUT2D eigenvalue weighted by Crippen LogP contribution is 2.38. The number of phenolic OH excluding ortho intramolecular Hbond substituents is 3. The zero-order valence-corrected chi connectivity index (χ0v) is 50.0. The lowest BCUT2D eigenvalue weighted by Crippen LogP contribution is -2.23. The van der Waals surface area contributed by atoms with E-state index in [1.807, 2.05) is 0 Å². The molecule has 6 N–H and O–H groups in total. The fourth-order valence-corrected chi connectivity index (χ4v) is 9.56. The second-order valence-corrected chi connectivity index (χ2v) is 22.0. The van der Waals surface area contributed by atoms with Crippen molar-refractivity contribution < 1.29 is 59.1 Å². The molecule has 0 aliphatic heterocycles. The predicted octanol–water partition coefficient (Wildman–Crippen LogP) is 15.0. The summed E-state index contributed by atoms with van der Waals surface area (Å²) in [6, 6.07) is 13.8. The number of unbranched alkanes of at least 4 members (excludes halogenated alkanes) is 27. The Labute approximate surface area is 486 Å². The van der Waals surface area contributed by atoms with Crippen molar-refractivity contribution in [1.29, 1.82) is 0 Å². The number of hydrogen-bond acceptors (Lipinski definition) is 15. The maximum atomic E-state index is 11.4. The fraction of sp³-hybridized carbons (Fsp3) is 0.682. The second-order valence-electron chi connectivity index (χ2n) is 22.0. The number of hydrogen-bond donors (Lipinski definition) is 6. The van der Waals surface area contributed by atoms with Crippen molar-refractivity contribution in [2.75, 3.05) is 59.5 Å². The maximum Gasteiger partial charge on any atom is 0.167 e. The third-order valence-corrected chi connectivity index (χ3v) is 14.5. The third kappa shape index (κ3) is 30.4. The van der Waals surface area contributed by atoms with E-state index in [1.54, 1.807) is 36.4 Å². The fourth-order valence-electron chi connectivity index (χ4n) is 9.56. The molecule has 4 aromatic rings. The van der Waals surface area contributed by atoms with E-state index in [0.29, 0.717) is 37.1 Å². The molecule has 3 unspecified atom stereocenters. The normalized spacial score (nSPS) is 12.7. The zero-order chi connectivity index (χ0) is 58.0. The minimum absolute atomic E-state index is 0.0285. The Kier molecular flexibility index (Phi) is 37.2. The molecule has 0 aliphatic carbocycles. The van der Waals surface area contributed by atoms with Crippen molar-refractivity contribution in [1.82, 2.24) is 15.0 Å². The van der Waals surface area contributed by atoms with Gasteiger partial charge in [-0.2, -0.15) is 0 Å². The van der Waals surface area contributed by atoms with Crippen LogP contribution in [0.15, 0.2) is 54.6 Å². The molecular weight excluding hydrogens is 1030 g/mol. The summed E-state index contributed by atoms with van der Waals surface area (Å²) in [4.78, 5) is 14.0. The highest BCUT2D eigenvalue weighted by Gasteiger charge is 2.21. The Bertz CT molecular complexity index is 1960. The van der Waals surface area contributed by atoms with Crippen molar-refractivity contribution in [3.63, 3.8) is 0 Å². The summed E-state index contributed by atoms with van der Waals surface area (Å²) in [5.74, 6) is 0.329. The van der Waals surface area contributed by atoms with Gasteiger partial charge in [0, 0.05) is 38.0 Å². The molecule has 0 saturated carbocycles. The summed E-state index contributed by atoms with van der Waals surface area (Å²) in [6.45, 7) is 8.68. The number of benzene rings is 3. The molecule has 0 radical (unpaired) electrons. The van der Waals surface area contributed by atoms with Crippen LogP contribution < -0.4 is 14.2 Å². The Morgan fingerprint density at radius 2 is 0.531 bits per heavy atom. The van der Waals surface area contributed by atoms with Crippen LogP contribution in [0.1, 0.15) is 213 Å². The molecule has 0 saturated heterocycles. The molecule has 3 aromatic carbocycles. The number of aromatic hydroxyl groups is 3. The summed E-state index contributed by atoms with van der Waals surface area (Å²) < 4.78 is 34.7. The largest absolute Gasteiger partial charge is 0.507 e. The number of nitrogens with zero attached hydrogens (tertiary/aromatic N) is 3. The molecule has 1 heterocycles. The quantitative estimate of drug-likeness (QED) is 0.0227. The average molecular weight is 1130 g/mol. The molecule has 4 rings (SSSR count). The molecule has 0 aliphatic rings. The van der Waals surface area contributed by atoms with Gasteiger partial charge in [0.25, 0.3) is 0 Å². The van der Waals surface area contributed by atoms with E-state index >= 15 is 0 Å². The highest BCUT2D eigenvalue weighted by atomic mass is 16.5. The van der Waals surface area contributed by atoms with E-state index in [9.17, 15) is 30.6 Å².